The van der Waals surface area contributed by atoms with Gasteiger partial charge < -0.3 is 4.74 Å². The maximum atomic E-state index is 5.25. The molecule has 0 aromatic carbocycles. The molecule has 1 aliphatic carbocycles. The molecule has 0 amide bonds. The van der Waals surface area contributed by atoms with Gasteiger partial charge in [-0.1, -0.05) is 26.2 Å². The average Bonchev–Trinajstić information content (AvgIpc) is 1.95. The van der Waals surface area contributed by atoms with Gasteiger partial charge in [-0.2, -0.15) is 0 Å². The molecule has 66 valence electrons. The zero-order valence-corrected chi connectivity index (χ0v) is 7.86. The topological polar surface area (TPSA) is 9.23 Å². The summed E-state index contributed by atoms with van der Waals surface area (Å²) in [6, 6.07) is 0. The van der Waals surface area contributed by atoms with E-state index >= 15 is 0 Å². The van der Waals surface area contributed by atoms with E-state index in [9.17, 15) is 0 Å². The lowest BCUT2D eigenvalue weighted by Crippen LogP contribution is -2.33. The van der Waals surface area contributed by atoms with Crippen LogP contribution in [0.4, 0.5) is 0 Å². The fourth-order valence-corrected chi connectivity index (χ4v) is 2.00. The summed E-state index contributed by atoms with van der Waals surface area (Å²) in [6.45, 7) is 3.26. The molecule has 0 aromatic rings. The van der Waals surface area contributed by atoms with Crippen LogP contribution in [0, 0.1) is 5.41 Å². The van der Waals surface area contributed by atoms with Gasteiger partial charge in [0.1, 0.15) is 0 Å². The predicted molar refractivity (Wildman–Crippen MR) is 47.7 cm³/mol. The lowest BCUT2D eigenvalue weighted by atomic mass is 9.66. The summed E-state index contributed by atoms with van der Waals surface area (Å²) in [5.74, 6) is 0. The highest BCUT2D eigenvalue weighted by Crippen LogP contribution is 2.45. The maximum absolute atomic E-state index is 5.25. The lowest BCUT2D eigenvalue weighted by Gasteiger charge is -2.41. The van der Waals surface area contributed by atoms with Gasteiger partial charge in [0.15, 0.2) is 0 Å². The Morgan fingerprint density at radius 2 is 2.09 bits per heavy atom. The van der Waals surface area contributed by atoms with Crippen LogP contribution in [-0.2, 0) is 4.74 Å². The first-order valence-electron chi connectivity index (χ1n) is 4.82. The van der Waals surface area contributed by atoms with Gasteiger partial charge in [-0.25, -0.2) is 0 Å². The monoisotopic (exact) mass is 156 g/mol. The zero-order chi connectivity index (χ0) is 8.16. The molecule has 0 aromatic heterocycles. The Labute approximate surface area is 70.1 Å². The molecule has 0 N–H and O–H groups in total. The van der Waals surface area contributed by atoms with Crippen molar-refractivity contribution >= 4 is 0 Å². The van der Waals surface area contributed by atoms with Gasteiger partial charge in [0.25, 0.3) is 0 Å². The van der Waals surface area contributed by atoms with E-state index in [4.69, 9.17) is 4.74 Å². The first-order valence-corrected chi connectivity index (χ1v) is 4.82. The van der Waals surface area contributed by atoms with Crippen molar-refractivity contribution in [3.8, 4) is 0 Å². The highest BCUT2D eigenvalue weighted by molar-refractivity contribution is 4.87. The van der Waals surface area contributed by atoms with Crippen molar-refractivity contribution in [2.75, 3.05) is 13.7 Å². The Balaban J connectivity index is 2.22. The zero-order valence-electron chi connectivity index (χ0n) is 7.86. The Morgan fingerprint density at radius 3 is 2.45 bits per heavy atom. The van der Waals surface area contributed by atoms with E-state index in [2.05, 4.69) is 6.92 Å². The van der Waals surface area contributed by atoms with Crippen LogP contribution in [0.15, 0.2) is 0 Å². The third-order valence-electron chi connectivity index (χ3n) is 2.93. The molecule has 1 rings (SSSR count). The average molecular weight is 156 g/mol. The van der Waals surface area contributed by atoms with Gasteiger partial charge >= 0.3 is 0 Å². The van der Waals surface area contributed by atoms with Gasteiger partial charge in [-0.3, -0.25) is 0 Å². The summed E-state index contributed by atoms with van der Waals surface area (Å²) in [5, 5.41) is 0. The molecule has 1 saturated carbocycles. The minimum absolute atomic E-state index is 0.602. The Morgan fingerprint density at radius 1 is 1.36 bits per heavy atom. The van der Waals surface area contributed by atoms with Crippen molar-refractivity contribution in [3.63, 3.8) is 0 Å². The van der Waals surface area contributed by atoms with Crippen LogP contribution >= 0.6 is 0 Å². The maximum Gasteiger partial charge on any atom is 0.0518 e. The molecule has 1 aliphatic rings. The standard InChI is InChI=1S/C10H20O/c1-3-4-6-10(9-11-2)7-5-8-10/h3-9H2,1-2H3. The Hall–Kier alpha value is -0.0400. The van der Waals surface area contributed by atoms with Crippen LogP contribution < -0.4 is 0 Å². The summed E-state index contributed by atoms with van der Waals surface area (Å²) < 4.78 is 5.25. The van der Waals surface area contributed by atoms with Crippen molar-refractivity contribution in [1.29, 1.82) is 0 Å². The van der Waals surface area contributed by atoms with E-state index in [-0.39, 0.29) is 0 Å². The molecule has 0 atom stereocenters. The Kier molecular flexibility index (Phi) is 3.38. The first kappa shape index (κ1) is 9.05. The molecular weight excluding hydrogens is 136 g/mol. The van der Waals surface area contributed by atoms with E-state index in [0.29, 0.717) is 5.41 Å². The summed E-state index contributed by atoms with van der Waals surface area (Å²) >= 11 is 0. The van der Waals surface area contributed by atoms with E-state index in [0.717, 1.165) is 6.61 Å². The molecule has 0 radical (unpaired) electrons. The molecule has 0 unspecified atom stereocenters. The van der Waals surface area contributed by atoms with Crippen molar-refractivity contribution < 1.29 is 4.74 Å². The SMILES string of the molecule is CCCCC1(COC)CCC1. The van der Waals surface area contributed by atoms with Crippen LogP contribution in [-0.4, -0.2) is 13.7 Å². The van der Waals surface area contributed by atoms with Gasteiger partial charge in [0, 0.05) is 7.11 Å². The highest BCUT2D eigenvalue weighted by atomic mass is 16.5. The normalized spacial score (nSPS) is 21.3. The number of unbranched alkanes of at least 4 members (excludes halogenated alkanes) is 1. The quantitative estimate of drug-likeness (QED) is 0.594. The number of rotatable bonds is 5. The second-order valence-corrected chi connectivity index (χ2v) is 3.89. The molecule has 0 aliphatic heterocycles. The number of hydrogen-bond acceptors (Lipinski definition) is 1. The largest absolute Gasteiger partial charge is 0.384 e. The minimum atomic E-state index is 0.602. The van der Waals surface area contributed by atoms with Gasteiger partial charge in [0.05, 0.1) is 6.61 Å². The van der Waals surface area contributed by atoms with Gasteiger partial charge in [-0.15, -0.1) is 0 Å². The van der Waals surface area contributed by atoms with Gasteiger partial charge in [0.2, 0.25) is 0 Å². The highest BCUT2D eigenvalue weighted by Gasteiger charge is 2.35. The van der Waals surface area contributed by atoms with Crippen LogP contribution in [0.3, 0.4) is 0 Å². The second-order valence-electron chi connectivity index (χ2n) is 3.89. The van der Waals surface area contributed by atoms with E-state index < -0.39 is 0 Å². The summed E-state index contributed by atoms with van der Waals surface area (Å²) in [4.78, 5) is 0. The lowest BCUT2D eigenvalue weighted by molar-refractivity contribution is 0.00878. The Bertz CT molecular complexity index is 105. The van der Waals surface area contributed by atoms with E-state index in [1.807, 2.05) is 7.11 Å². The van der Waals surface area contributed by atoms with Crippen molar-refractivity contribution in [2.24, 2.45) is 5.41 Å². The molecule has 11 heavy (non-hydrogen) atoms. The molecule has 1 nitrogen and oxygen atoms in total. The van der Waals surface area contributed by atoms with E-state index in [1.54, 1.807) is 0 Å². The minimum Gasteiger partial charge on any atom is -0.384 e. The molecule has 1 heteroatoms. The molecule has 0 saturated heterocycles. The summed E-state index contributed by atoms with van der Waals surface area (Å²) in [7, 11) is 1.83. The fraction of sp³-hybridized carbons (Fsp3) is 1.00. The fourth-order valence-electron chi connectivity index (χ4n) is 2.00. The molecule has 1 fully saturated rings. The third kappa shape index (κ3) is 2.19. The van der Waals surface area contributed by atoms with Crippen LogP contribution in [0.1, 0.15) is 45.4 Å². The van der Waals surface area contributed by atoms with Crippen molar-refractivity contribution in [2.45, 2.75) is 45.4 Å². The van der Waals surface area contributed by atoms with Crippen molar-refractivity contribution in [3.05, 3.63) is 0 Å². The summed E-state index contributed by atoms with van der Waals surface area (Å²) in [5.41, 5.74) is 0.602. The first-order chi connectivity index (χ1) is 5.33. The van der Waals surface area contributed by atoms with E-state index in [1.165, 1.54) is 38.5 Å². The number of ether oxygens (including phenoxy) is 1. The predicted octanol–water partition coefficient (Wildman–Crippen LogP) is 2.99. The number of methoxy groups -OCH3 is 1. The van der Waals surface area contributed by atoms with Crippen LogP contribution in [0.2, 0.25) is 0 Å². The number of hydrogen-bond donors (Lipinski definition) is 0. The van der Waals surface area contributed by atoms with Crippen LogP contribution in [0.25, 0.3) is 0 Å². The van der Waals surface area contributed by atoms with Crippen molar-refractivity contribution in [1.82, 2.24) is 0 Å². The molecule has 0 bridgehead atoms. The van der Waals surface area contributed by atoms with Crippen LogP contribution in [0.5, 0.6) is 0 Å². The molecule has 0 spiro atoms. The molecular formula is C10H20O. The molecule has 0 heterocycles. The second kappa shape index (κ2) is 4.10. The third-order valence-corrected chi connectivity index (χ3v) is 2.93. The summed E-state index contributed by atoms with van der Waals surface area (Å²) in [6.07, 6.45) is 8.32. The van der Waals surface area contributed by atoms with Gasteiger partial charge in [-0.05, 0) is 24.7 Å². The smallest absolute Gasteiger partial charge is 0.0518 e.